The Morgan fingerprint density at radius 1 is 0.400 bits per heavy atom. The van der Waals surface area contributed by atoms with Crippen molar-refractivity contribution in [2.75, 3.05) is 4.90 Å². The van der Waals surface area contributed by atoms with Gasteiger partial charge in [-0.3, -0.25) is 0 Å². The Morgan fingerprint density at radius 3 is 1.73 bits per heavy atom. The minimum atomic E-state index is -3.37. The fourth-order valence-corrected chi connectivity index (χ4v) is 6.85. The van der Waals surface area contributed by atoms with Crippen LogP contribution in [0.15, 0.2) is 216 Å². The molecule has 0 radical (unpaired) electrons. The maximum atomic E-state index is 9.95. The average molecular weight is 737 g/mol. The quantitative estimate of drug-likeness (QED) is 0.169. The van der Waals surface area contributed by atoms with E-state index in [-0.39, 0.29) is 0 Å². The van der Waals surface area contributed by atoms with Crippen LogP contribution < -0.4 is 4.90 Å². The smallest absolute Gasteiger partial charge is 0.159 e. The molecule has 0 N–H and O–H groups in total. The van der Waals surface area contributed by atoms with E-state index in [4.69, 9.17) is 29.1 Å². The number of nitrogens with zero attached hydrogens (tertiary/aromatic N) is 1. The molecule has 0 atom stereocenters. The van der Waals surface area contributed by atoms with Crippen LogP contribution in [0.2, 0.25) is 0 Å². The predicted octanol–water partition coefficient (Wildman–Crippen LogP) is 14.2. The minimum absolute atomic E-state index is 0.362. The topological polar surface area (TPSA) is 16.4 Å². The van der Waals surface area contributed by atoms with Gasteiger partial charge in [-0.2, -0.15) is 0 Å². The van der Waals surface area contributed by atoms with Gasteiger partial charge in [0.1, 0.15) is 5.58 Å². The fourth-order valence-electron chi connectivity index (χ4n) is 6.85. The first-order chi connectivity index (χ1) is 41.8. The second-order valence-corrected chi connectivity index (χ2v) is 11.8. The normalized spacial score (nSPS) is 21.8. The lowest BCUT2D eigenvalue weighted by Gasteiger charge is -2.34. The molecular formula is C53H35NO. The number of para-hydroxylation sites is 2. The van der Waals surface area contributed by atoms with Crippen LogP contribution in [0.5, 0.6) is 0 Å². The molecule has 258 valence electrons. The van der Waals surface area contributed by atoms with E-state index >= 15 is 0 Å². The molecule has 0 unspecified atom stereocenters. The van der Waals surface area contributed by atoms with Crippen molar-refractivity contribution in [2.45, 2.75) is 5.41 Å². The SMILES string of the molecule is [2H]c1c([2H])c([2H])c(N(c2c([2H])c([2H])c(-c3c([2H])c([2H])c([2H])c4c3-c3c([2H])c([2H])c([2H])c([2H])c3C4(c3c([2H])c([2H])c([2H])c([2H])c3[2H])c3c([2H])c([2H])c([2H])c([2H])c3[2H])c([2H])c2[2H])c2c([2H])c([2H])c([2H])c3c2oc2c4c([2H])c([2H])c([2H])c([2H])c4c([2H])c([2H])c23)c([2H])c1[2H]. The number of hydrogen-bond acceptors (Lipinski definition) is 2. The van der Waals surface area contributed by atoms with Crippen molar-refractivity contribution >= 4 is 49.8 Å². The van der Waals surface area contributed by atoms with Gasteiger partial charge in [-0.15, -0.1) is 0 Å². The Hall–Kier alpha value is -7.16. The van der Waals surface area contributed by atoms with Gasteiger partial charge in [0, 0.05) is 27.5 Å². The van der Waals surface area contributed by atoms with Crippen LogP contribution in [0.3, 0.4) is 0 Å². The molecule has 0 amide bonds. The molecular weight excluding hydrogens is 667 g/mol. The average Bonchev–Trinajstić information content (AvgIpc) is 1.47. The molecule has 1 heterocycles. The second kappa shape index (κ2) is 12.5. The largest absolute Gasteiger partial charge is 0.453 e. The van der Waals surface area contributed by atoms with Crippen LogP contribution in [0, 0.1) is 0 Å². The van der Waals surface area contributed by atoms with Crippen LogP contribution in [0.4, 0.5) is 17.1 Å². The highest BCUT2D eigenvalue weighted by atomic mass is 16.3. The number of furan rings is 1. The molecule has 0 saturated heterocycles. The Balaban J connectivity index is 1.38. The Morgan fingerprint density at radius 2 is 0.964 bits per heavy atom. The zero-order valence-corrected chi connectivity index (χ0v) is 27.4. The predicted molar refractivity (Wildman–Crippen MR) is 229 cm³/mol. The lowest BCUT2D eigenvalue weighted by Crippen LogP contribution is -2.28. The van der Waals surface area contributed by atoms with Crippen molar-refractivity contribution in [3.05, 3.63) is 234 Å². The molecule has 11 rings (SSSR count). The molecule has 1 aromatic heterocycles. The highest BCUT2D eigenvalue weighted by Gasteiger charge is 2.46. The van der Waals surface area contributed by atoms with Crippen LogP contribution in [-0.4, -0.2) is 0 Å². The number of anilines is 3. The summed E-state index contributed by atoms with van der Waals surface area (Å²) in [5, 5.41) is -2.42. The maximum Gasteiger partial charge on any atom is 0.159 e. The second-order valence-electron chi connectivity index (χ2n) is 11.8. The summed E-state index contributed by atoms with van der Waals surface area (Å²) in [5.74, 6) is 0. The first kappa shape index (κ1) is 12.2. The van der Waals surface area contributed by atoms with Crippen LogP contribution in [0.1, 0.15) is 70.2 Å². The van der Waals surface area contributed by atoms with Gasteiger partial charge in [0.25, 0.3) is 0 Å². The molecule has 0 bridgehead atoms. The molecule has 0 spiro atoms. The summed E-state index contributed by atoms with van der Waals surface area (Å²) in [6.07, 6.45) is 0. The third kappa shape index (κ3) is 4.68. The van der Waals surface area contributed by atoms with Crippen molar-refractivity contribution in [3.8, 4) is 22.3 Å². The Bertz CT molecular complexity index is 4900. The van der Waals surface area contributed by atoms with E-state index in [0.29, 0.717) is 4.90 Å². The zero-order valence-electron chi connectivity index (χ0n) is 62.4. The summed E-state index contributed by atoms with van der Waals surface area (Å²) in [4.78, 5) is 0.362. The molecule has 2 nitrogen and oxygen atoms in total. The molecule has 1 aliphatic rings. The van der Waals surface area contributed by atoms with Crippen molar-refractivity contribution in [1.82, 2.24) is 0 Å². The summed E-state index contributed by atoms with van der Waals surface area (Å²) < 4.78 is 327. The van der Waals surface area contributed by atoms with E-state index in [1.807, 2.05) is 0 Å². The van der Waals surface area contributed by atoms with E-state index in [1.54, 1.807) is 0 Å². The number of fused-ring (bicyclic) bond motifs is 8. The Kier molecular flexibility index (Phi) is 2.76. The van der Waals surface area contributed by atoms with Gasteiger partial charge < -0.3 is 9.32 Å². The van der Waals surface area contributed by atoms with Gasteiger partial charge in [-0.1, -0.05) is 175 Å². The van der Waals surface area contributed by atoms with E-state index in [2.05, 4.69) is 0 Å². The van der Waals surface area contributed by atoms with Crippen LogP contribution in [-0.2, 0) is 5.41 Å². The number of benzene rings is 9. The lowest BCUT2D eigenvalue weighted by atomic mass is 9.67. The summed E-state index contributed by atoms with van der Waals surface area (Å²) in [5.41, 5.74) is -16.7. The number of hydrogen-bond donors (Lipinski definition) is 0. The molecule has 9 aromatic carbocycles. The van der Waals surface area contributed by atoms with E-state index in [9.17, 15) is 23.3 Å². The van der Waals surface area contributed by atoms with E-state index in [1.165, 1.54) is 0 Å². The van der Waals surface area contributed by atoms with E-state index in [0.717, 1.165) is 0 Å². The van der Waals surface area contributed by atoms with Crippen molar-refractivity contribution in [2.24, 2.45) is 0 Å². The third-order valence-electron chi connectivity index (χ3n) is 9.05. The van der Waals surface area contributed by atoms with Crippen molar-refractivity contribution in [3.63, 3.8) is 0 Å². The number of rotatable bonds is 6. The summed E-state index contributed by atoms with van der Waals surface area (Å²) >= 11 is 0. The van der Waals surface area contributed by atoms with Gasteiger partial charge in [-0.25, -0.2) is 0 Å². The molecule has 1 aliphatic carbocycles. The molecule has 0 aliphatic heterocycles. The van der Waals surface area contributed by atoms with Gasteiger partial charge >= 0.3 is 0 Å². The van der Waals surface area contributed by atoms with Gasteiger partial charge in [-0.05, 0) is 86.1 Å². The maximum absolute atomic E-state index is 9.95. The molecule has 55 heavy (non-hydrogen) atoms. The highest BCUT2D eigenvalue weighted by molar-refractivity contribution is 6.17. The minimum Gasteiger partial charge on any atom is -0.453 e. The van der Waals surface area contributed by atoms with Crippen LogP contribution in [0.25, 0.3) is 55.0 Å². The van der Waals surface area contributed by atoms with E-state index < -0.39 is 311 Å². The monoisotopic (exact) mass is 736 g/mol. The van der Waals surface area contributed by atoms with Crippen molar-refractivity contribution in [1.29, 1.82) is 0 Å². The highest BCUT2D eigenvalue weighted by Crippen LogP contribution is 2.58. The summed E-state index contributed by atoms with van der Waals surface area (Å²) in [6, 6.07) is -40.0. The molecule has 0 fully saturated rings. The van der Waals surface area contributed by atoms with Crippen LogP contribution >= 0.6 is 0 Å². The first-order valence-corrected chi connectivity index (χ1v) is 16.1. The fraction of sp³-hybridized carbons (Fsp3) is 0.0189. The third-order valence-corrected chi connectivity index (χ3v) is 9.05. The Labute approximate surface area is 369 Å². The standard InChI is InChI=1S/C53H35NO/c1-4-17-38(18-5-1)53(39-19-6-2-7-20-39)47-27-13-12-24-46(47)50-42(25-14-28-48(50)53)37-30-33-41(34-31-37)54(40-21-8-3-9-22-40)49-29-15-26-44-45-35-32-36-16-10-11-23-43(36)51(45)55-52(44)49/h1-35H/i1D,2D,3D,4D,5D,6D,7D,8D,9D,10D,11D,12D,13D,14D,15D,16D,17D,18D,19D,20D,21D,22D,23D,24D,25D,26D,27D,28D,29D,30D,31D,32D,33D,34D,35D. The van der Waals surface area contributed by atoms with Gasteiger partial charge in [0.05, 0.1) is 59.1 Å². The molecule has 0 saturated carbocycles. The van der Waals surface area contributed by atoms with Crippen molar-refractivity contribution < 1.29 is 52.4 Å². The summed E-state index contributed by atoms with van der Waals surface area (Å²) in [6.45, 7) is 0. The molecule has 2 heteroatoms. The lowest BCUT2D eigenvalue weighted by molar-refractivity contribution is 0.673. The van der Waals surface area contributed by atoms with Gasteiger partial charge in [0.15, 0.2) is 5.58 Å². The zero-order chi connectivity index (χ0) is 66.8. The molecule has 10 aromatic rings. The first-order valence-electron chi connectivity index (χ1n) is 33.6. The summed E-state index contributed by atoms with van der Waals surface area (Å²) in [7, 11) is 0. The van der Waals surface area contributed by atoms with Gasteiger partial charge in [0.2, 0.25) is 0 Å².